The predicted octanol–water partition coefficient (Wildman–Crippen LogP) is 6.42. The predicted molar refractivity (Wildman–Crippen MR) is 155 cm³/mol. The van der Waals surface area contributed by atoms with Crippen LogP contribution in [-0.2, 0) is 27.3 Å². The van der Waals surface area contributed by atoms with Crippen molar-refractivity contribution in [3.05, 3.63) is 107 Å². The molecule has 1 fully saturated rings. The number of amides is 3. The highest BCUT2D eigenvalue weighted by Gasteiger charge is 2.44. The molecule has 3 amide bonds. The van der Waals surface area contributed by atoms with Gasteiger partial charge >= 0.3 is 0 Å². The fraction of sp³-hybridized carbons (Fsp3) is 0.161. The summed E-state index contributed by atoms with van der Waals surface area (Å²) >= 11 is 7.58. The zero-order chi connectivity index (χ0) is 27.8. The van der Waals surface area contributed by atoms with Gasteiger partial charge < -0.3 is 9.32 Å². The van der Waals surface area contributed by atoms with E-state index in [4.69, 9.17) is 21.0 Å². The summed E-state index contributed by atoms with van der Waals surface area (Å²) < 4.78 is 6.57. The summed E-state index contributed by atoms with van der Waals surface area (Å²) in [7, 11) is 0. The Hall–Kier alpha value is -4.27. The van der Waals surface area contributed by atoms with Crippen LogP contribution in [0.5, 0.6) is 0 Å². The minimum absolute atomic E-state index is 0.0617. The Balaban J connectivity index is 1.24. The highest BCUT2D eigenvalue weighted by atomic mass is 35.5. The average molecular weight is 570 g/mol. The second-order valence-corrected chi connectivity index (χ2v) is 11.2. The van der Waals surface area contributed by atoms with E-state index in [0.717, 1.165) is 26.4 Å². The summed E-state index contributed by atoms with van der Waals surface area (Å²) in [5.41, 5.74) is 4.22. The molecule has 0 N–H and O–H groups in total. The Kier molecular flexibility index (Phi) is 6.96. The first-order valence-electron chi connectivity index (χ1n) is 12.8. The Bertz CT molecular complexity index is 1710. The van der Waals surface area contributed by atoms with E-state index < -0.39 is 11.9 Å². The number of aryl methyl sites for hydroxylation is 1. The number of anilines is 1. The van der Waals surface area contributed by atoms with Crippen molar-refractivity contribution in [3.8, 4) is 10.6 Å². The van der Waals surface area contributed by atoms with Crippen molar-refractivity contribution in [2.75, 3.05) is 4.90 Å². The number of hydrogen-bond acceptors (Lipinski definition) is 6. The van der Waals surface area contributed by atoms with Gasteiger partial charge in [-0.15, -0.1) is 11.3 Å². The highest BCUT2D eigenvalue weighted by molar-refractivity contribution is 7.21. The normalized spacial score (nSPS) is 15.2. The number of rotatable bonds is 7. The zero-order valence-electron chi connectivity index (χ0n) is 21.5. The SMILES string of the molecule is Cc1ccc2nc(-c3ccc(N4C(=O)CC(N(Cc5ccco5)C(=O)Cc5ccc(Cl)cc5)C4=O)cc3)sc2c1. The third kappa shape index (κ3) is 5.15. The number of aromatic nitrogens is 1. The van der Waals surface area contributed by atoms with Gasteiger partial charge in [-0.1, -0.05) is 29.8 Å². The van der Waals surface area contributed by atoms with E-state index in [1.165, 1.54) is 21.6 Å². The minimum atomic E-state index is -0.940. The number of thiazole rings is 1. The van der Waals surface area contributed by atoms with Gasteiger partial charge in [0.05, 0.1) is 41.6 Å². The first-order valence-corrected chi connectivity index (χ1v) is 14.0. The van der Waals surface area contributed by atoms with E-state index in [2.05, 4.69) is 6.07 Å². The van der Waals surface area contributed by atoms with E-state index in [1.54, 1.807) is 59.9 Å². The molecule has 6 rings (SSSR count). The number of carbonyl (C=O) groups is 3. The fourth-order valence-corrected chi connectivity index (χ4v) is 6.06. The van der Waals surface area contributed by atoms with Crippen molar-refractivity contribution in [1.82, 2.24) is 9.88 Å². The second kappa shape index (κ2) is 10.7. The molecule has 3 heterocycles. The molecule has 3 aromatic carbocycles. The zero-order valence-corrected chi connectivity index (χ0v) is 23.1. The first kappa shape index (κ1) is 26.0. The van der Waals surface area contributed by atoms with Crippen LogP contribution >= 0.6 is 22.9 Å². The molecule has 1 unspecified atom stereocenters. The molecular formula is C31H24ClN3O4S. The fourth-order valence-electron chi connectivity index (χ4n) is 4.86. The molecule has 9 heteroatoms. The lowest BCUT2D eigenvalue weighted by atomic mass is 10.1. The molecule has 200 valence electrons. The van der Waals surface area contributed by atoms with Crippen molar-refractivity contribution in [2.45, 2.75) is 32.4 Å². The van der Waals surface area contributed by atoms with Crippen LogP contribution in [0.1, 0.15) is 23.3 Å². The van der Waals surface area contributed by atoms with Crippen LogP contribution in [0.15, 0.2) is 89.5 Å². The van der Waals surface area contributed by atoms with Crippen molar-refractivity contribution in [1.29, 1.82) is 0 Å². The largest absolute Gasteiger partial charge is 0.467 e. The molecule has 2 aromatic heterocycles. The van der Waals surface area contributed by atoms with Gasteiger partial charge in [-0.2, -0.15) is 0 Å². The maximum absolute atomic E-state index is 13.6. The summed E-state index contributed by atoms with van der Waals surface area (Å²) in [6.07, 6.45) is 1.47. The Morgan fingerprint density at radius 1 is 1.07 bits per heavy atom. The molecule has 1 aliphatic rings. The highest BCUT2D eigenvalue weighted by Crippen LogP contribution is 2.33. The van der Waals surface area contributed by atoms with E-state index in [9.17, 15) is 14.4 Å². The molecule has 0 spiro atoms. The van der Waals surface area contributed by atoms with Crippen LogP contribution in [0.2, 0.25) is 5.02 Å². The summed E-state index contributed by atoms with van der Waals surface area (Å²) in [6, 6.07) is 22.9. The number of hydrogen-bond donors (Lipinski definition) is 0. The molecule has 1 atom stereocenters. The second-order valence-electron chi connectivity index (χ2n) is 9.73. The third-order valence-corrected chi connectivity index (χ3v) is 8.23. The Morgan fingerprint density at radius 2 is 1.85 bits per heavy atom. The molecule has 40 heavy (non-hydrogen) atoms. The van der Waals surface area contributed by atoms with Crippen LogP contribution < -0.4 is 4.90 Å². The van der Waals surface area contributed by atoms with Crippen LogP contribution in [0.4, 0.5) is 5.69 Å². The molecule has 0 radical (unpaired) electrons. The average Bonchev–Trinajstić information content (AvgIpc) is 3.68. The summed E-state index contributed by atoms with van der Waals surface area (Å²) in [6.45, 7) is 2.12. The summed E-state index contributed by atoms with van der Waals surface area (Å²) in [4.78, 5) is 47.6. The quantitative estimate of drug-likeness (QED) is 0.211. The van der Waals surface area contributed by atoms with Gasteiger partial charge in [-0.25, -0.2) is 9.88 Å². The van der Waals surface area contributed by atoms with E-state index in [0.29, 0.717) is 16.5 Å². The summed E-state index contributed by atoms with van der Waals surface area (Å²) in [5.74, 6) is -0.558. The monoisotopic (exact) mass is 569 g/mol. The Morgan fingerprint density at radius 3 is 2.58 bits per heavy atom. The lowest BCUT2D eigenvalue weighted by Crippen LogP contribution is -2.45. The van der Waals surface area contributed by atoms with Crippen LogP contribution in [-0.4, -0.2) is 33.6 Å². The number of benzene rings is 3. The van der Waals surface area contributed by atoms with Crippen LogP contribution in [0, 0.1) is 6.92 Å². The number of nitrogens with zero attached hydrogens (tertiary/aromatic N) is 3. The smallest absolute Gasteiger partial charge is 0.257 e. The van der Waals surface area contributed by atoms with Gasteiger partial charge in [0, 0.05) is 10.6 Å². The number of fused-ring (bicyclic) bond motifs is 1. The molecule has 1 saturated heterocycles. The Labute approximate surface area is 239 Å². The van der Waals surface area contributed by atoms with Gasteiger partial charge in [-0.05, 0) is 78.7 Å². The molecule has 0 bridgehead atoms. The molecular weight excluding hydrogens is 546 g/mol. The molecule has 5 aromatic rings. The molecule has 0 aliphatic carbocycles. The van der Waals surface area contributed by atoms with Gasteiger partial charge in [0.1, 0.15) is 16.8 Å². The van der Waals surface area contributed by atoms with Crippen molar-refractivity contribution in [2.24, 2.45) is 0 Å². The molecule has 1 aliphatic heterocycles. The molecule has 0 saturated carbocycles. The number of halogens is 1. The van der Waals surface area contributed by atoms with Crippen molar-refractivity contribution < 1.29 is 18.8 Å². The van der Waals surface area contributed by atoms with Gasteiger partial charge in [0.25, 0.3) is 5.91 Å². The maximum atomic E-state index is 13.6. The van der Waals surface area contributed by atoms with Gasteiger partial charge in [-0.3, -0.25) is 14.4 Å². The van der Waals surface area contributed by atoms with E-state index in [1.807, 2.05) is 31.2 Å². The maximum Gasteiger partial charge on any atom is 0.257 e. The standard InChI is InChI=1S/C31H24ClN3O4S/c1-19-4-13-25-27(15-19)40-30(33-25)21-7-11-23(12-8-21)35-29(37)17-26(31(35)38)34(18-24-3-2-14-39-24)28(36)16-20-5-9-22(32)10-6-20/h2-15,26H,16-18H2,1H3. The third-order valence-electron chi connectivity index (χ3n) is 6.91. The van der Waals surface area contributed by atoms with Crippen LogP contribution in [0.3, 0.4) is 0 Å². The van der Waals surface area contributed by atoms with Crippen molar-refractivity contribution in [3.63, 3.8) is 0 Å². The lowest BCUT2D eigenvalue weighted by Gasteiger charge is -2.27. The number of carbonyl (C=O) groups excluding carboxylic acids is 3. The number of imide groups is 1. The first-order chi connectivity index (χ1) is 19.4. The summed E-state index contributed by atoms with van der Waals surface area (Å²) in [5, 5.41) is 1.43. The van der Waals surface area contributed by atoms with Gasteiger partial charge in [0.15, 0.2) is 0 Å². The van der Waals surface area contributed by atoms with Crippen LogP contribution in [0.25, 0.3) is 20.8 Å². The van der Waals surface area contributed by atoms with Crippen molar-refractivity contribution >= 4 is 56.6 Å². The molecule has 7 nitrogen and oxygen atoms in total. The number of furan rings is 1. The van der Waals surface area contributed by atoms with E-state index >= 15 is 0 Å². The topological polar surface area (TPSA) is 83.7 Å². The van der Waals surface area contributed by atoms with Gasteiger partial charge in [0.2, 0.25) is 11.8 Å². The minimum Gasteiger partial charge on any atom is -0.467 e. The lowest BCUT2D eigenvalue weighted by molar-refractivity contribution is -0.138. The van der Waals surface area contributed by atoms with E-state index in [-0.39, 0.29) is 31.2 Å².